The van der Waals surface area contributed by atoms with Crippen LogP contribution in [0, 0.1) is 6.92 Å². The lowest BCUT2D eigenvalue weighted by molar-refractivity contribution is -0.271. The van der Waals surface area contributed by atoms with E-state index in [-0.39, 0.29) is 0 Å². The second-order valence-corrected chi connectivity index (χ2v) is 6.36. The molecule has 2 saturated heterocycles. The number of imidazole rings is 1. The monoisotopic (exact) mass is 336 g/mol. The van der Waals surface area contributed by atoms with Crippen molar-refractivity contribution in [1.29, 1.82) is 0 Å². The minimum absolute atomic E-state index is 0.479. The summed E-state index contributed by atoms with van der Waals surface area (Å²) >= 11 is 0. The van der Waals surface area contributed by atoms with Crippen molar-refractivity contribution in [2.45, 2.75) is 57.4 Å². The molecule has 0 aromatic carbocycles. The highest BCUT2D eigenvalue weighted by Gasteiger charge is 2.63. The summed E-state index contributed by atoms with van der Waals surface area (Å²) in [5.74, 6) is 0. The number of hydrogen-bond donors (Lipinski definition) is 1. The topological polar surface area (TPSA) is 101 Å². The lowest BCUT2D eigenvalue weighted by Crippen LogP contribution is -2.43. The molecule has 0 spiro atoms. The second-order valence-electron chi connectivity index (χ2n) is 6.36. The number of rotatable bonds is 3. The average molecular weight is 336 g/mol. The van der Waals surface area contributed by atoms with E-state index in [1.165, 1.54) is 13.4 Å². The highest BCUT2D eigenvalue weighted by Crippen LogP contribution is 2.49. The van der Waals surface area contributed by atoms with Gasteiger partial charge in [0.1, 0.15) is 29.7 Å². The molecule has 130 valence electrons. The molecule has 4 heterocycles. The van der Waals surface area contributed by atoms with Gasteiger partial charge in [0.25, 0.3) is 6.48 Å². The number of ether oxygens (including phenoxy) is 4. The van der Waals surface area contributed by atoms with Crippen molar-refractivity contribution in [1.82, 2.24) is 19.5 Å². The summed E-state index contributed by atoms with van der Waals surface area (Å²) in [4.78, 5) is 12.9. The Kier molecular flexibility index (Phi) is 3.59. The van der Waals surface area contributed by atoms with Crippen LogP contribution >= 0.6 is 0 Å². The number of aliphatic hydroxyl groups is 1. The van der Waals surface area contributed by atoms with Gasteiger partial charge in [-0.1, -0.05) is 0 Å². The molecule has 2 aromatic heterocycles. The van der Waals surface area contributed by atoms with Crippen LogP contribution in [0.5, 0.6) is 0 Å². The Labute approximate surface area is 138 Å². The van der Waals surface area contributed by atoms with Crippen molar-refractivity contribution >= 4 is 11.2 Å². The third-order valence-electron chi connectivity index (χ3n) is 4.71. The van der Waals surface area contributed by atoms with E-state index in [1.54, 1.807) is 17.8 Å². The van der Waals surface area contributed by atoms with E-state index in [0.29, 0.717) is 11.2 Å². The maximum Gasteiger partial charge on any atom is 0.272 e. The largest absolute Gasteiger partial charge is 0.391 e. The first kappa shape index (κ1) is 15.9. The van der Waals surface area contributed by atoms with Crippen molar-refractivity contribution in [3.63, 3.8) is 0 Å². The maximum absolute atomic E-state index is 10.1. The molecular formula is C15H20N4O5. The summed E-state index contributed by atoms with van der Waals surface area (Å²) in [7, 11) is 1.51. The zero-order valence-electron chi connectivity index (χ0n) is 13.9. The van der Waals surface area contributed by atoms with Gasteiger partial charge in [0.2, 0.25) is 0 Å². The molecule has 0 bridgehead atoms. The Morgan fingerprint density at radius 3 is 2.83 bits per heavy atom. The van der Waals surface area contributed by atoms with Crippen LogP contribution in [-0.2, 0) is 18.9 Å². The van der Waals surface area contributed by atoms with Gasteiger partial charge in [0.05, 0.1) is 18.1 Å². The predicted octanol–water partition coefficient (Wildman–Crippen LogP) is 0.517. The summed E-state index contributed by atoms with van der Waals surface area (Å²) in [6, 6.07) is 0. The number of methoxy groups -OCH3 is 1. The summed E-state index contributed by atoms with van der Waals surface area (Å²) < 4.78 is 24.8. The van der Waals surface area contributed by atoms with Gasteiger partial charge in [0, 0.05) is 7.11 Å². The number of nitrogens with zero attached hydrogens (tertiary/aromatic N) is 4. The number of hydrogen-bond acceptors (Lipinski definition) is 8. The summed E-state index contributed by atoms with van der Waals surface area (Å²) in [6.07, 6.45) is 0.799. The third kappa shape index (κ3) is 2.09. The number of aliphatic hydroxyl groups excluding tert-OH is 1. The molecule has 0 saturated carbocycles. The Morgan fingerprint density at radius 2 is 2.12 bits per heavy atom. The Hall–Kier alpha value is -1.65. The van der Waals surface area contributed by atoms with Crippen molar-refractivity contribution in [2.24, 2.45) is 0 Å². The van der Waals surface area contributed by atoms with E-state index in [2.05, 4.69) is 15.0 Å². The minimum atomic E-state index is -0.852. The molecule has 6 unspecified atom stereocenters. The molecular weight excluding hydrogens is 316 g/mol. The molecule has 2 fully saturated rings. The molecule has 2 aliphatic rings. The van der Waals surface area contributed by atoms with E-state index in [4.69, 9.17) is 18.9 Å². The molecule has 0 amide bonds. The Morgan fingerprint density at radius 1 is 1.33 bits per heavy atom. The molecule has 2 aromatic rings. The highest BCUT2D eigenvalue weighted by atomic mass is 16.9. The quantitative estimate of drug-likeness (QED) is 0.865. The first-order valence-electron chi connectivity index (χ1n) is 7.79. The molecule has 0 aliphatic carbocycles. The van der Waals surface area contributed by atoms with Crippen LogP contribution in [0.3, 0.4) is 0 Å². The molecule has 9 nitrogen and oxygen atoms in total. The van der Waals surface area contributed by atoms with Crippen LogP contribution in [0.25, 0.3) is 11.2 Å². The van der Waals surface area contributed by atoms with Crippen molar-refractivity contribution < 1.29 is 24.1 Å². The maximum atomic E-state index is 10.1. The van der Waals surface area contributed by atoms with E-state index >= 15 is 0 Å². The zero-order chi connectivity index (χ0) is 17.1. The lowest BCUT2D eigenvalue weighted by Gasteiger charge is -2.28. The number of aryl methyl sites for hydroxylation is 1. The second kappa shape index (κ2) is 5.43. The van der Waals surface area contributed by atoms with Gasteiger partial charge in [-0.2, -0.15) is 0 Å². The van der Waals surface area contributed by atoms with Crippen molar-refractivity contribution in [2.75, 3.05) is 7.11 Å². The van der Waals surface area contributed by atoms with Crippen LogP contribution in [-0.4, -0.2) is 62.1 Å². The summed E-state index contributed by atoms with van der Waals surface area (Å²) in [6.45, 7) is 4.61. The van der Waals surface area contributed by atoms with Crippen LogP contribution in [0.4, 0.5) is 0 Å². The molecule has 0 radical (unpaired) electrons. The normalized spacial score (nSPS) is 37.0. The highest BCUT2D eigenvalue weighted by molar-refractivity contribution is 5.72. The Balaban J connectivity index is 1.80. The van der Waals surface area contributed by atoms with E-state index in [9.17, 15) is 5.11 Å². The predicted molar refractivity (Wildman–Crippen MR) is 80.8 cm³/mol. The fraction of sp³-hybridized carbons (Fsp3) is 0.667. The standard InChI is InChI=1S/C15H20N4O5/c1-7-9-12(17-5-16-7)19(6-18-9)13-15(3)11(10(22-13)8(2)20)23-14(21-4)24-15/h5-6,8,10-11,13-14,20H,1-4H3. The third-order valence-corrected chi connectivity index (χ3v) is 4.71. The van der Waals surface area contributed by atoms with Gasteiger partial charge < -0.3 is 24.1 Å². The van der Waals surface area contributed by atoms with Gasteiger partial charge in [-0.3, -0.25) is 4.57 Å². The van der Waals surface area contributed by atoms with Crippen LogP contribution in [0.2, 0.25) is 0 Å². The van der Waals surface area contributed by atoms with Crippen LogP contribution in [0.1, 0.15) is 25.8 Å². The smallest absolute Gasteiger partial charge is 0.272 e. The SMILES string of the molecule is COC1OC2C(C(C)O)OC(n3cnc4c(C)ncnc43)C2(C)O1. The fourth-order valence-electron chi connectivity index (χ4n) is 3.47. The molecule has 9 heteroatoms. The number of aromatic nitrogens is 4. The van der Waals surface area contributed by atoms with Crippen molar-refractivity contribution in [3.8, 4) is 0 Å². The van der Waals surface area contributed by atoms with Gasteiger partial charge in [-0.05, 0) is 20.8 Å². The Bertz CT molecular complexity index is 765. The first-order valence-corrected chi connectivity index (χ1v) is 7.79. The molecule has 6 atom stereocenters. The van der Waals surface area contributed by atoms with Gasteiger partial charge in [-0.25, -0.2) is 15.0 Å². The van der Waals surface area contributed by atoms with Gasteiger partial charge in [-0.15, -0.1) is 0 Å². The zero-order valence-corrected chi connectivity index (χ0v) is 13.9. The lowest BCUT2D eigenvalue weighted by atomic mass is 9.94. The van der Waals surface area contributed by atoms with E-state index in [0.717, 1.165) is 5.69 Å². The number of fused-ring (bicyclic) bond motifs is 2. The molecule has 1 N–H and O–H groups in total. The van der Waals surface area contributed by atoms with Gasteiger partial charge in [0.15, 0.2) is 11.9 Å². The molecule has 2 aliphatic heterocycles. The van der Waals surface area contributed by atoms with Crippen LogP contribution < -0.4 is 0 Å². The summed E-state index contributed by atoms with van der Waals surface area (Å²) in [5.41, 5.74) is 1.27. The first-order chi connectivity index (χ1) is 11.5. The van der Waals surface area contributed by atoms with E-state index < -0.39 is 36.6 Å². The fourth-order valence-corrected chi connectivity index (χ4v) is 3.47. The molecule has 4 rings (SSSR count). The minimum Gasteiger partial charge on any atom is -0.391 e. The van der Waals surface area contributed by atoms with Crippen LogP contribution in [0.15, 0.2) is 12.7 Å². The molecule has 24 heavy (non-hydrogen) atoms. The summed E-state index contributed by atoms with van der Waals surface area (Å²) in [5, 5.41) is 10.1. The van der Waals surface area contributed by atoms with Crippen molar-refractivity contribution in [3.05, 3.63) is 18.3 Å². The van der Waals surface area contributed by atoms with Gasteiger partial charge >= 0.3 is 0 Å². The van der Waals surface area contributed by atoms with E-state index in [1.807, 2.05) is 13.8 Å². The average Bonchev–Trinajstić information content (AvgIpc) is 3.17.